The maximum Gasteiger partial charge on any atom is 0.240 e. The zero-order chi connectivity index (χ0) is 16.3. The summed E-state index contributed by atoms with van der Waals surface area (Å²) in [5, 5.41) is 8.84. The second-order valence-electron chi connectivity index (χ2n) is 3.76. The molecule has 0 fully saturated rings. The highest BCUT2D eigenvalue weighted by Crippen LogP contribution is 1.86. The van der Waals surface area contributed by atoms with Gasteiger partial charge in [-0.15, -0.1) is 0 Å². The highest BCUT2D eigenvalue weighted by atomic mass is 32.1. The fourth-order valence-corrected chi connectivity index (χ4v) is 1.34. The molecule has 0 spiro atoms. The smallest absolute Gasteiger partial charge is 0.240 e. The van der Waals surface area contributed by atoms with Gasteiger partial charge in [-0.3, -0.25) is 24.0 Å². The molecule has 1 atom stereocenters. The van der Waals surface area contributed by atoms with Crippen molar-refractivity contribution in [2.24, 2.45) is 5.73 Å². The summed E-state index contributed by atoms with van der Waals surface area (Å²) >= 11 is 3.84. The number of carbonyl (C=O) groups excluding carboxylic acids is 5. The van der Waals surface area contributed by atoms with E-state index in [1.807, 2.05) is 0 Å². The maximum absolute atomic E-state index is 11.4. The molecule has 0 saturated heterocycles. The van der Waals surface area contributed by atoms with Crippen molar-refractivity contribution < 1.29 is 24.0 Å². The Hall–Kier alpha value is -2.30. The summed E-state index contributed by atoms with van der Waals surface area (Å²) in [6, 6.07) is -0.924. The molecule has 0 saturated carbocycles. The summed E-state index contributed by atoms with van der Waals surface area (Å²) < 4.78 is 0. The minimum Gasteiger partial charge on any atom is -0.368 e. The van der Waals surface area contributed by atoms with E-state index >= 15 is 0 Å². The highest BCUT2D eigenvalue weighted by molar-refractivity contribution is 7.80. The number of hydrogen-bond acceptors (Lipinski definition) is 6. The van der Waals surface area contributed by atoms with Crippen LogP contribution < -0.4 is 27.0 Å². The van der Waals surface area contributed by atoms with Gasteiger partial charge in [-0.25, -0.2) is 0 Å². The molecule has 0 aliphatic rings. The Morgan fingerprint density at radius 2 is 1.52 bits per heavy atom. The van der Waals surface area contributed by atoms with E-state index in [2.05, 4.69) is 33.9 Å². The molecule has 0 aliphatic carbocycles. The van der Waals surface area contributed by atoms with Crippen molar-refractivity contribution in [1.29, 1.82) is 0 Å². The molecule has 6 N–H and O–H groups in total. The van der Waals surface area contributed by atoms with Gasteiger partial charge in [0.05, 0.1) is 19.6 Å². The average Bonchev–Trinajstić information content (AvgIpc) is 2.45. The summed E-state index contributed by atoms with van der Waals surface area (Å²) in [4.78, 5) is 54.6. The second kappa shape index (κ2) is 10.5. The van der Waals surface area contributed by atoms with Crippen LogP contribution in [0.2, 0.25) is 0 Å². The van der Waals surface area contributed by atoms with Crippen LogP contribution in [-0.2, 0) is 24.0 Å². The summed E-state index contributed by atoms with van der Waals surface area (Å²) in [5.74, 6) is -2.47. The molecule has 0 radical (unpaired) electrons. The molecule has 0 aliphatic heterocycles. The first-order chi connectivity index (χ1) is 9.90. The van der Waals surface area contributed by atoms with Gasteiger partial charge in [-0.05, 0) is 0 Å². The van der Waals surface area contributed by atoms with Crippen LogP contribution in [0.5, 0.6) is 0 Å². The number of primary amides is 1. The molecule has 0 bridgehead atoms. The summed E-state index contributed by atoms with van der Waals surface area (Å²) in [6.45, 7) is -0.975. The average molecular weight is 319 g/mol. The van der Waals surface area contributed by atoms with Crippen molar-refractivity contribution in [3.05, 3.63) is 0 Å². The van der Waals surface area contributed by atoms with Crippen LogP contribution in [-0.4, -0.2) is 61.5 Å². The lowest BCUT2D eigenvalue weighted by Crippen LogP contribution is -2.49. The number of rotatable bonds is 10. The number of thiol groups is 1. The lowest BCUT2D eigenvalue weighted by Gasteiger charge is -2.13. The molecule has 10 nitrogen and oxygen atoms in total. The SMILES string of the molecule is NC(=O)C(CS)NC(=O)CNC(=O)CNC(=O)CNC=O. The first kappa shape index (κ1) is 18.7. The van der Waals surface area contributed by atoms with Crippen molar-refractivity contribution >= 4 is 42.7 Å². The molecule has 5 amide bonds. The second-order valence-corrected chi connectivity index (χ2v) is 4.12. The molecule has 118 valence electrons. The molecular weight excluding hydrogens is 302 g/mol. The van der Waals surface area contributed by atoms with E-state index in [4.69, 9.17) is 5.73 Å². The molecule has 0 aromatic rings. The Balaban J connectivity index is 3.92. The minimum absolute atomic E-state index is 0.0365. The molecule has 0 aromatic carbocycles. The van der Waals surface area contributed by atoms with E-state index in [9.17, 15) is 24.0 Å². The standard InChI is InChI=1S/C10H17N5O5S/c11-10(20)6(4-21)15-9(19)3-14-8(18)2-13-7(17)1-12-5-16/h5-6,21H,1-4H2,(H2,11,20)(H,12,16)(H,13,17)(H,14,18)(H,15,19). The van der Waals surface area contributed by atoms with Crippen LogP contribution in [0.25, 0.3) is 0 Å². The predicted octanol–water partition coefficient (Wildman–Crippen LogP) is -4.14. The number of hydrogen-bond donors (Lipinski definition) is 6. The molecule has 0 heterocycles. The molecule has 11 heteroatoms. The lowest BCUT2D eigenvalue weighted by atomic mass is 10.3. The third-order valence-electron chi connectivity index (χ3n) is 2.10. The van der Waals surface area contributed by atoms with Crippen LogP contribution in [0, 0.1) is 0 Å². The van der Waals surface area contributed by atoms with Gasteiger partial charge in [0.1, 0.15) is 6.04 Å². The predicted molar refractivity (Wildman–Crippen MR) is 75.1 cm³/mol. The van der Waals surface area contributed by atoms with Crippen molar-refractivity contribution in [3.8, 4) is 0 Å². The van der Waals surface area contributed by atoms with Crippen molar-refractivity contribution in [3.63, 3.8) is 0 Å². The van der Waals surface area contributed by atoms with Crippen molar-refractivity contribution in [2.45, 2.75) is 6.04 Å². The van der Waals surface area contributed by atoms with E-state index in [1.54, 1.807) is 0 Å². The van der Waals surface area contributed by atoms with Gasteiger partial charge in [0.15, 0.2) is 0 Å². The third-order valence-corrected chi connectivity index (χ3v) is 2.46. The summed E-state index contributed by atoms with van der Waals surface area (Å²) in [7, 11) is 0. The Morgan fingerprint density at radius 1 is 1.00 bits per heavy atom. The summed E-state index contributed by atoms with van der Waals surface area (Å²) in [6.07, 6.45) is 0.348. The van der Waals surface area contributed by atoms with Gasteiger partial charge in [0, 0.05) is 5.75 Å². The largest absolute Gasteiger partial charge is 0.368 e. The minimum atomic E-state index is -0.924. The van der Waals surface area contributed by atoms with Crippen LogP contribution >= 0.6 is 12.6 Å². The quantitative estimate of drug-likeness (QED) is 0.178. The first-order valence-corrected chi connectivity index (χ1v) is 6.44. The zero-order valence-corrected chi connectivity index (χ0v) is 11.9. The van der Waals surface area contributed by atoms with E-state index in [0.717, 1.165) is 0 Å². The Morgan fingerprint density at radius 3 is 2.00 bits per heavy atom. The van der Waals surface area contributed by atoms with E-state index in [1.165, 1.54) is 0 Å². The van der Waals surface area contributed by atoms with Gasteiger partial charge in [0.25, 0.3) is 0 Å². The van der Waals surface area contributed by atoms with Gasteiger partial charge in [-0.1, -0.05) is 0 Å². The summed E-state index contributed by atoms with van der Waals surface area (Å²) in [5.41, 5.74) is 5.00. The van der Waals surface area contributed by atoms with E-state index in [-0.39, 0.29) is 25.4 Å². The van der Waals surface area contributed by atoms with Crippen LogP contribution in [0.3, 0.4) is 0 Å². The van der Waals surface area contributed by atoms with Gasteiger partial charge < -0.3 is 27.0 Å². The number of carbonyl (C=O) groups is 5. The maximum atomic E-state index is 11.4. The Labute approximate surface area is 126 Å². The molecule has 0 aromatic heterocycles. The normalized spacial score (nSPS) is 10.9. The topological polar surface area (TPSA) is 159 Å². The monoisotopic (exact) mass is 319 g/mol. The Kier molecular flexibility index (Phi) is 9.33. The number of nitrogens with one attached hydrogen (secondary N) is 4. The third kappa shape index (κ3) is 9.27. The van der Waals surface area contributed by atoms with Gasteiger partial charge in [-0.2, -0.15) is 12.6 Å². The fourth-order valence-electron chi connectivity index (χ4n) is 1.07. The van der Waals surface area contributed by atoms with Crippen molar-refractivity contribution in [1.82, 2.24) is 21.3 Å². The Bertz CT molecular complexity index is 417. The van der Waals surface area contributed by atoms with Crippen LogP contribution in [0.15, 0.2) is 0 Å². The van der Waals surface area contributed by atoms with Crippen LogP contribution in [0.4, 0.5) is 0 Å². The van der Waals surface area contributed by atoms with Gasteiger partial charge >= 0.3 is 0 Å². The molecule has 1 unspecified atom stereocenters. The molecular formula is C10H17N5O5S. The highest BCUT2D eigenvalue weighted by Gasteiger charge is 2.16. The zero-order valence-electron chi connectivity index (χ0n) is 11.0. The fraction of sp³-hybridized carbons (Fsp3) is 0.500. The van der Waals surface area contributed by atoms with E-state index < -0.39 is 29.7 Å². The first-order valence-electron chi connectivity index (χ1n) is 5.80. The molecule has 0 rings (SSSR count). The van der Waals surface area contributed by atoms with Gasteiger partial charge in [0.2, 0.25) is 30.0 Å². The lowest BCUT2D eigenvalue weighted by molar-refractivity contribution is -0.129. The number of amides is 5. The molecule has 21 heavy (non-hydrogen) atoms. The van der Waals surface area contributed by atoms with Crippen molar-refractivity contribution in [2.75, 3.05) is 25.4 Å². The van der Waals surface area contributed by atoms with Crippen LogP contribution in [0.1, 0.15) is 0 Å². The van der Waals surface area contributed by atoms with E-state index in [0.29, 0.717) is 6.41 Å². The number of nitrogens with two attached hydrogens (primary N) is 1.